The van der Waals surface area contributed by atoms with Crippen molar-refractivity contribution in [2.45, 2.75) is 38.0 Å². The van der Waals surface area contributed by atoms with Crippen LogP contribution in [0.3, 0.4) is 0 Å². The van der Waals surface area contributed by atoms with Crippen LogP contribution >= 0.6 is 0 Å². The zero-order valence-electron chi connectivity index (χ0n) is 14.0. The number of benzene rings is 1. The van der Waals surface area contributed by atoms with Gasteiger partial charge in [0.25, 0.3) is 0 Å². The maximum absolute atomic E-state index is 13.1. The Morgan fingerprint density at radius 2 is 1.59 bits per heavy atom. The molecule has 0 spiro atoms. The molecule has 1 aromatic rings. The molecule has 0 aromatic heterocycles. The van der Waals surface area contributed by atoms with E-state index in [9.17, 15) is 9.00 Å². The summed E-state index contributed by atoms with van der Waals surface area (Å²) >= 11 is 0. The first kappa shape index (κ1) is 17.0. The highest BCUT2D eigenvalue weighted by molar-refractivity contribution is 7.98. The molecule has 1 unspecified atom stereocenters. The molecule has 1 aliphatic rings. The van der Waals surface area contributed by atoms with Crippen LogP contribution in [0.1, 0.15) is 33.3 Å². The second-order valence-electron chi connectivity index (χ2n) is 6.85. The highest BCUT2D eigenvalue weighted by Crippen LogP contribution is 2.25. The summed E-state index contributed by atoms with van der Waals surface area (Å²) in [7, 11) is -2.48. The number of rotatable bonds is 2. The van der Waals surface area contributed by atoms with E-state index >= 15 is 0 Å². The first-order chi connectivity index (χ1) is 10.1. The molecular formula is C17H26N2O2S. The Balaban J connectivity index is 2.16. The standard InChI is InChI=1S/C17H26N2O2S/c1-14(20)18-10-12-19(13-11-18)22(5,21)16-8-6-15(7-9-16)17(2,3)4/h6-9H,5,10-13H2,1-4H3. The number of hydrogen-bond donors (Lipinski definition) is 0. The Morgan fingerprint density at radius 3 is 2.00 bits per heavy atom. The van der Waals surface area contributed by atoms with Gasteiger partial charge in [-0.1, -0.05) is 32.9 Å². The van der Waals surface area contributed by atoms with Crippen molar-refractivity contribution >= 4 is 21.5 Å². The summed E-state index contributed by atoms with van der Waals surface area (Å²) in [6.45, 7) is 10.5. The summed E-state index contributed by atoms with van der Waals surface area (Å²) < 4.78 is 15.0. The molecule has 1 saturated heterocycles. The minimum absolute atomic E-state index is 0.0738. The second kappa shape index (κ2) is 6.05. The summed E-state index contributed by atoms with van der Waals surface area (Å²) in [6.07, 6.45) is 0. The quantitative estimate of drug-likeness (QED) is 0.783. The Hall–Kier alpha value is -1.33. The van der Waals surface area contributed by atoms with E-state index in [2.05, 4.69) is 26.6 Å². The van der Waals surface area contributed by atoms with Crippen LogP contribution in [0.15, 0.2) is 29.2 Å². The van der Waals surface area contributed by atoms with Crippen LogP contribution in [0.25, 0.3) is 0 Å². The Morgan fingerprint density at radius 1 is 1.09 bits per heavy atom. The highest BCUT2D eigenvalue weighted by Gasteiger charge is 2.25. The predicted molar refractivity (Wildman–Crippen MR) is 92.5 cm³/mol. The third kappa shape index (κ3) is 3.52. The predicted octanol–water partition coefficient (Wildman–Crippen LogP) is 2.14. The van der Waals surface area contributed by atoms with E-state index in [0.29, 0.717) is 26.2 Å². The van der Waals surface area contributed by atoms with Crippen LogP contribution in [-0.4, -0.2) is 51.4 Å². The molecule has 1 fully saturated rings. The molecule has 2 rings (SSSR count). The molecule has 1 heterocycles. The fourth-order valence-corrected chi connectivity index (χ4v) is 4.23. The maximum atomic E-state index is 13.1. The molecule has 1 aliphatic heterocycles. The van der Waals surface area contributed by atoms with Gasteiger partial charge in [-0.15, -0.1) is 0 Å². The average Bonchev–Trinajstić information content (AvgIpc) is 2.46. The molecule has 1 aromatic carbocycles. The van der Waals surface area contributed by atoms with Gasteiger partial charge in [0.2, 0.25) is 5.91 Å². The largest absolute Gasteiger partial charge is 0.340 e. The number of amides is 1. The molecule has 0 N–H and O–H groups in total. The number of carbonyl (C=O) groups excluding carboxylic acids is 1. The van der Waals surface area contributed by atoms with Crippen LogP contribution < -0.4 is 0 Å². The molecule has 1 amide bonds. The lowest BCUT2D eigenvalue weighted by molar-refractivity contribution is -0.129. The van der Waals surface area contributed by atoms with Gasteiger partial charge in [-0.25, -0.2) is 8.51 Å². The van der Waals surface area contributed by atoms with Gasteiger partial charge in [-0.3, -0.25) is 4.79 Å². The van der Waals surface area contributed by atoms with Crippen LogP contribution in [0, 0.1) is 0 Å². The number of nitrogens with zero attached hydrogens (tertiary/aromatic N) is 2. The SMILES string of the molecule is C=S(=O)(c1ccc(C(C)(C)C)cc1)N1CCN(C(C)=O)CC1. The van der Waals surface area contributed by atoms with Crippen molar-refractivity contribution in [2.24, 2.45) is 0 Å². The van der Waals surface area contributed by atoms with Crippen molar-refractivity contribution in [1.29, 1.82) is 0 Å². The maximum Gasteiger partial charge on any atom is 0.219 e. The number of carbonyl (C=O) groups is 1. The van der Waals surface area contributed by atoms with E-state index in [-0.39, 0.29) is 11.3 Å². The zero-order chi connectivity index (χ0) is 16.5. The Kier molecular flexibility index (Phi) is 4.68. The molecule has 122 valence electrons. The third-order valence-corrected chi connectivity index (χ3v) is 6.40. The molecule has 22 heavy (non-hydrogen) atoms. The number of piperazine rings is 1. The van der Waals surface area contributed by atoms with E-state index in [4.69, 9.17) is 0 Å². The van der Waals surface area contributed by atoms with Crippen LogP contribution in [0.5, 0.6) is 0 Å². The smallest absolute Gasteiger partial charge is 0.219 e. The van der Waals surface area contributed by atoms with E-state index in [1.54, 1.807) is 11.8 Å². The molecule has 4 nitrogen and oxygen atoms in total. The minimum atomic E-state index is -2.48. The van der Waals surface area contributed by atoms with E-state index in [0.717, 1.165) is 4.90 Å². The van der Waals surface area contributed by atoms with Crippen molar-refractivity contribution in [2.75, 3.05) is 26.2 Å². The fraction of sp³-hybridized carbons (Fsp3) is 0.529. The van der Waals surface area contributed by atoms with Gasteiger partial charge in [0.1, 0.15) is 0 Å². The van der Waals surface area contributed by atoms with Crippen molar-refractivity contribution in [3.05, 3.63) is 29.8 Å². The molecule has 1 atom stereocenters. The van der Waals surface area contributed by atoms with Crippen molar-refractivity contribution in [3.63, 3.8) is 0 Å². The second-order valence-corrected chi connectivity index (χ2v) is 9.12. The first-order valence-corrected chi connectivity index (χ1v) is 9.29. The van der Waals surface area contributed by atoms with Gasteiger partial charge in [0, 0.05) is 38.0 Å². The third-order valence-electron chi connectivity index (χ3n) is 4.19. The van der Waals surface area contributed by atoms with Gasteiger partial charge in [0.05, 0.1) is 9.71 Å². The van der Waals surface area contributed by atoms with E-state index < -0.39 is 9.71 Å². The van der Waals surface area contributed by atoms with Gasteiger partial charge < -0.3 is 4.90 Å². The van der Waals surface area contributed by atoms with Crippen LogP contribution in [-0.2, 0) is 19.9 Å². The van der Waals surface area contributed by atoms with Crippen molar-refractivity contribution in [3.8, 4) is 0 Å². The summed E-state index contributed by atoms with van der Waals surface area (Å²) in [4.78, 5) is 13.9. The molecule has 0 aliphatic carbocycles. The lowest BCUT2D eigenvalue weighted by atomic mass is 9.87. The molecule has 5 heteroatoms. The Bertz CT molecular complexity index is 634. The summed E-state index contributed by atoms with van der Waals surface area (Å²) in [5, 5.41) is 0. The average molecular weight is 322 g/mol. The summed E-state index contributed by atoms with van der Waals surface area (Å²) in [5.41, 5.74) is 1.29. The summed E-state index contributed by atoms with van der Waals surface area (Å²) in [6, 6.07) is 7.92. The molecule has 0 saturated carbocycles. The molecule has 0 radical (unpaired) electrons. The van der Waals surface area contributed by atoms with E-state index in [1.165, 1.54) is 5.56 Å². The van der Waals surface area contributed by atoms with Gasteiger partial charge >= 0.3 is 0 Å². The van der Waals surface area contributed by atoms with Gasteiger partial charge in [0.15, 0.2) is 0 Å². The molecular weight excluding hydrogens is 296 g/mol. The number of hydrogen-bond acceptors (Lipinski definition) is 2. The van der Waals surface area contributed by atoms with Crippen molar-refractivity contribution < 1.29 is 9.00 Å². The topological polar surface area (TPSA) is 40.6 Å². The minimum Gasteiger partial charge on any atom is -0.340 e. The normalized spacial score (nSPS) is 19.7. The van der Waals surface area contributed by atoms with Crippen molar-refractivity contribution in [1.82, 2.24) is 9.21 Å². The molecule has 0 bridgehead atoms. The Labute approximate surface area is 134 Å². The fourth-order valence-electron chi connectivity index (χ4n) is 2.61. The first-order valence-electron chi connectivity index (χ1n) is 7.61. The zero-order valence-corrected chi connectivity index (χ0v) is 14.8. The van der Waals surface area contributed by atoms with E-state index in [1.807, 2.05) is 28.6 Å². The lowest BCUT2D eigenvalue weighted by Crippen LogP contribution is -2.49. The lowest BCUT2D eigenvalue weighted by Gasteiger charge is -2.35. The van der Waals surface area contributed by atoms with Crippen LogP contribution in [0.4, 0.5) is 0 Å². The monoisotopic (exact) mass is 322 g/mol. The summed E-state index contributed by atoms with van der Waals surface area (Å²) in [5.74, 6) is 4.05. The van der Waals surface area contributed by atoms with Crippen LogP contribution in [0.2, 0.25) is 0 Å². The van der Waals surface area contributed by atoms with Gasteiger partial charge in [-0.05, 0) is 29.0 Å². The highest BCUT2D eigenvalue weighted by atomic mass is 32.2. The van der Waals surface area contributed by atoms with Gasteiger partial charge in [-0.2, -0.15) is 0 Å².